The number of fused-ring (bicyclic) bond motifs is 1. The van der Waals surface area contributed by atoms with Crippen LogP contribution in [-0.4, -0.2) is 96.3 Å². The van der Waals surface area contributed by atoms with Crippen LogP contribution in [0.4, 0.5) is 4.79 Å². The van der Waals surface area contributed by atoms with E-state index in [1.807, 2.05) is 26.0 Å². The van der Waals surface area contributed by atoms with Crippen molar-refractivity contribution in [2.75, 3.05) is 26.8 Å². The highest BCUT2D eigenvalue weighted by Gasteiger charge is 2.40. The van der Waals surface area contributed by atoms with Gasteiger partial charge in [-0.2, -0.15) is 0 Å². The van der Waals surface area contributed by atoms with Crippen LogP contribution in [-0.2, 0) is 23.9 Å². The molecule has 0 aromatic heterocycles. The Morgan fingerprint density at radius 1 is 1.16 bits per heavy atom. The second-order valence-electron chi connectivity index (χ2n) is 9.89. The van der Waals surface area contributed by atoms with Crippen LogP contribution < -0.4 is 16.0 Å². The van der Waals surface area contributed by atoms with Gasteiger partial charge in [-0.25, -0.2) is 4.79 Å². The van der Waals surface area contributed by atoms with Crippen LogP contribution in [0, 0.1) is 5.92 Å². The van der Waals surface area contributed by atoms with Crippen molar-refractivity contribution in [3.05, 3.63) is 12.2 Å². The highest BCUT2D eigenvalue weighted by Crippen LogP contribution is 2.23. The molecule has 2 aliphatic rings. The van der Waals surface area contributed by atoms with Crippen molar-refractivity contribution in [3.8, 4) is 0 Å². The Hall–Kier alpha value is -2.70. The van der Waals surface area contributed by atoms with Gasteiger partial charge in [0.05, 0.1) is 31.8 Å². The van der Waals surface area contributed by atoms with Crippen molar-refractivity contribution in [1.29, 1.82) is 0 Å². The maximum atomic E-state index is 13.3. The number of ether oxygens (including phenoxy) is 2. The van der Waals surface area contributed by atoms with E-state index in [-0.39, 0.29) is 12.5 Å². The van der Waals surface area contributed by atoms with E-state index in [0.717, 1.165) is 0 Å². The molecule has 0 aliphatic carbocycles. The molecular weight excluding hydrogens is 484 g/mol. The lowest BCUT2D eigenvalue weighted by Gasteiger charge is -2.35. The van der Waals surface area contributed by atoms with Crippen molar-refractivity contribution in [2.24, 2.45) is 5.92 Å². The summed E-state index contributed by atoms with van der Waals surface area (Å²) in [6.45, 7) is 4.15. The largest absolute Gasteiger partial charge is 0.468 e. The van der Waals surface area contributed by atoms with Crippen molar-refractivity contribution >= 4 is 23.9 Å². The Bertz CT molecular complexity index is 806. The Labute approximate surface area is 218 Å². The van der Waals surface area contributed by atoms with Crippen LogP contribution >= 0.6 is 0 Å². The van der Waals surface area contributed by atoms with Crippen molar-refractivity contribution < 1.29 is 38.9 Å². The first-order valence-corrected chi connectivity index (χ1v) is 13.0. The first kappa shape index (κ1) is 30.5. The number of nitrogens with zero attached hydrogens (tertiary/aromatic N) is 1. The molecule has 2 unspecified atom stereocenters. The molecule has 37 heavy (non-hydrogen) atoms. The Kier molecular flexibility index (Phi) is 12.8. The Morgan fingerprint density at radius 2 is 1.89 bits per heavy atom. The van der Waals surface area contributed by atoms with E-state index in [1.54, 1.807) is 4.90 Å². The second kappa shape index (κ2) is 15.5. The molecule has 5 N–H and O–H groups in total. The molecule has 3 amide bonds. The third-order valence-electron chi connectivity index (χ3n) is 6.46. The summed E-state index contributed by atoms with van der Waals surface area (Å²) in [5.41, 5.74) is 0. The van der Waals surface area contributed by atoms with Gasteiger partial charge in [-0.15, -0.1) is 0 Å². The van der Waals surface area contributed by atoms with E-state index < -0.39 is 60.9 Å². The van der Waals surface area contributed by atoms with Gasteiger partial charge in [-0.3, -0.25) is 19.3 Å². The predicted molar refractivity (Wildman–Crippen MR) is 134 cm³/mol. The van der Waals surface area contributed by atoms with Gasteiger partial charge in [0.25, 0.3) is 5.91 Å². The number of hydrogen-bond acceptors (Lipinski definition) is 9. The maximum Gasteiger partial charge on any atom is 0.407 e. The van der Waals surface area contributed by atoms with E-state index in [9.17, 15) is 29.4 Å². The summed E-state index contributed by atoms with van der Waals surface area (Å²) in [7, 11) is 1.19. The first-order valence-electron chi connectivity index (χ1n) is 13.0. The number of esters is 1. The van der Waals surface area contributed by atoms with Gasteiger partial charge >= 0.3 is 12.1 Å². The van der Waals surface area contributed by atoms with E-state index in [0.29, 0.717) is 51.5 Å². The van der Waals surface area contributed by atoms with Gasteiger partial charge in [0.15, 0.2) is 6.10 Å². The summed E-state index contributed by atoms with van der Waals surface area (Å²) < 4.78 is 9.72. The van der Waals surface area contributed by atoms with Gasteiger partial charge in [0, 0.05) is 6.54 Å². The topological polar surface area (TPSA) is 167 Å². The first-order chi connectivity index (χ1) is 17.6. The molecule has 1 saturated heterocycles. The molecule has 0 aromatic rings. The number of rotatable bonds is 7. The molecule has 2 heterocycles. The average molecular weight is 527 g/mol. The minimum atomic E-state index is -1.57. The minimum Gasteiger partial charge on any atom is -0.468 e. The number of aliphatic hydroxyl groups is 2. The SMILES string of the molecule is COC(=O)CNC(=O)C(O)[C@@H]1CCC/C=C\CC[C@H](NC(=O)OCC(C)C)C(O)N2CCC[C@H]2C(=O)N1. The number of methoxy groups -OCH3 is 1. The molecule has 1 fully saturated rings. The number of alkyl carbamates (subject to hydrolysis) is 1. The summed E-state index contributed by atoms with van der Waals surface area (Å²) in [6, 6.07) is -2.25. The molecule has 2 rings (SSSR count). The summed E-state index contributed by atoms with van der Waals surface area (Å²) >= 11 is 0. The van der Waals surface area contributed by atoms with Crippen LogP contribution in [0.15, 0.2) is 12.2 Å². The lowest BCUT2D eigenvalue weighted by atomic mass is 10.0. The zero-order chi connectivity index (χ0) is 27.4. The zero-order valence-corrected chi connectivity index (χ0v) is 22.0. The third kappa shape index (κ3) is 9.94. The molecular formula is C25H42N4O8. The summed E-state index contributed by atoms with van der Waals surface area (Å²) in [6.07, 6.45) is 4.36. The fourth-order valence-electron chi connectivity index (χ4n) is 4.42. The van der Waals surface area contributed by atoms with Gasteiger partial charge in [0.2, 0.25) is 5.91 Å². The zero-order valence-electron chi connectivity index (χ0n) is 22.0. The lowest BCUT2D eigenvalue weighted by Crippen LogP contribution is -2.59. The molecule has 2 aliphatic heterocycles. The number of nitrogens with one attached hydrogen (secondary N) is 3. The Balaban J connectivity index is 2.16. The van der Waals surface area contributed by atoms with Gasteiger partial charge < -0.3 is 35.6 Å². The Morgan fingerprint density at radius 3 is 2.59 bits per heavy atom. The van der Waals surface area contributed by atoms with Crippen LogP contribution in [0.5, 0.6) is 0 Å². The van der Waals surface area contributed by atoms with Gasteiger partial charge in [-0.1, -0.05) is 26.0 Å². The normalized spacial score (nSPS) is 27.2. The fraction of sp³-hybridized carbons (Fsp3) is 0.760. The minimum absolute atomic E-state index is 0.167. The van der Waals surface area contributed by atoms with Crippen molar-refractivity contribution in [3.63, 3.8) is 0 Å². The molecule has 0 radical (unpaired) electrons. The number of amides is 3. The third-order valence-corrected chi connectivity index (χ3v) is 6.46. The lowest BCUT2D eigenvalue weighted by molar-refractivity contribution is -0.143. The summed E-state index contributed by atoms with van der Waals surface area (Å²) in [5, 5.41) is 29.7. The van der Waals surface area contributed by atoms with Crippen molar-refractivity contribution in [2.45, 2.75) is 89.3 Å². The number of carbonyl (C=O) groups is 4. The van der Waals surface area contributed by atoms with Crippen molar-refractivity contribution in [1.82, 2.24) is 20.9 Å². The van der Waals surface area contributed by atoms with Crippen LogP contribution in [0.1, 0.15) is 58.8 Å². The molecule has 5 atom stereocenters. The molecule has 0 bridgehead atoms. The fourth-order valence-corrected chi connectivity index (χ4v) is 4.42. The van der Waals surface area contributed by atoms with Crippen LogP contribution in [0.3, 0.4) is 0 Å². The molecule has 0 spiro atoms. The monoisotopic (exact) mass is 526 g/mol. The molecule has 0 saturated carbocycles. The highest BCUT2D eigenvalue weighted by molar-refractivity contribution is 5.87. The number of hydrogen-bond donors (Lipinski definition) is 5. The summed E-state index contributed by atoms with van der Waals surface area (Å²) in [5.74, 6) is -1.71. The molecule has 12 nitrogen and oxygen atoms in total. The van der Waals surface area contributed by atoms with Gasteiger partial charge in [0.1, 0.15) is 12.8 Å². The van der Waals surface area contributed by atoms with Crippen LogP contribution in [0.2, 0.25) is 0 Å². The summed E-state index contributed by atoms with van der Waals surface area (Å²) in [4.78, 5) is 51.0. The van der Waals surface area contributed by atoms with E-state index >= 15 is 0 Å². The number of aliphatic hydroxyl groups excluding tert-OH is 2. The second-order valence-corrected chi connectivity index (χ2v) is 9.89. The predicted octanol–water partition coefficient (Wildman–Crippen LogP) is 0.175. The van der Waals surface area contributed by atoms with Gasteiger partial charge in [-0.05, 0) is 50.9 Å². The van der Waals surface area contributed by atoms with E-state index in [2.05, 4.69) is 20.7 Å². The van der Waals surface area contributed by atoms with Crippen LogP contribution in [0.25, 0.3) is 0 Å². The highest BCUT2D eigenvalue weighted by atomic mass is 16.5. The molecule has 0 aromatic carbocycles. The number of carbonyl (C=O) groups excluding carboxylic acids is 4. The van der Waals surface area contributed by atoms with E-state index in [1.165, 1.54) is 7.11 Å². The maximum absolute atomic E-state index is 13.3. The van der Waals surface area contributed by atoms with E-state index in [4.69, 9.17) is 4.74 Å². The average Bonchev–Trinajstić information content (AvgIpc) is 3.37. The number of allylic oxidation sites excluding steroid dienone is 2. The standard InChI is InChI=1S/C25H42N4O8/c1-16(2)15-37-25(35)28-18-11-8-6-4-5-7-10-17(21(31)23(33)26-14-20(30)36-3)27-22(32)19-12-9-13-29(19)24(18)34/h4,6,16-19,21,24,31,34H,5,7-15H2,1-3H3,(H,26,33)(H,27,32)(H,28,35)/b6-4-/t17-,18-,19-,21?,24?/m0/s1. The smallest absolute Gasteiger partial charge is 0.407 e. The molecule has 12 heteroatoms. The quantitative estimate of drug-likeness (QED) is 0.230. The molecule has 210 valence electrons.